The molecule has 2 amide bonds. The van der Waals surface area contributed by atoms with Gasteiger partial charge in [0.15, 0.2) is 0 Å². The van der Waals surface area contributed by atoms with Crippen molar-refractivity contribution in [1.29, 1.82) is 0 Å². The molecular formula is C13H18IN3O2S. The second kappa shape index (κ2) is 7.37. The molecule has 1 aliphatic heterocycles. The van der Waals surface area contributed by atoms with Crippen molar-refractivity contribution >= 4 is 45.7 Å². The summed E-state index contributed by atoms with van der Waals surface area (Å²) in [6.45, 7) is 2.14. The van der Waals surface area contributed by atoms with E-state index in [2.05, 4.69) is 38.1 Å². The van der Waals surface area contributed by atoms with Crippen molar-refractivity contribution in [2.45, 2.75) is 18.9 Å². The topological polar surface area (TPSA) is 61.4 Å². The van der Waals surface area contributed by atoms with Crippen molar-refractivity contribution in [3.05, 3.63) is 19.9 Å². The number of likely N-dealkylation sites (tertiary alicyclic amines) is 1. The minimum absolute atomic E-state index is 0.00826. The number of nitrogens with zero attached hydrogens (tertiary/aromatic N) is 1. The number of thiophene rings is 1. The zero-order chi connectivity index (χ0) is 14.5. The molecule has 0 aromatic carbocycles. The third-order valence-electron chi connectivity index (χ3n) is 3.40. The number of hydrogen-bond acceptors (Lipinski definition) is 4. The fraction of sp³-hybridized carbons (Fsp3) is 0.538. The third kappa shape index (κ3) is 4.42. The summed E-state index contributed by atoms with van der Waals surface area (Å²) >= 11 is 3.79. The van der Waals surface area contributed by atoms with E-state index in [1.165, 1.54) is 0 Å². The Morgan fingerprint density at radius 3 is 2.70 bits per heavy atom. The normalized spacial score (nSPS) is 16.9. The van der Waals surface area contributed by atoms with Crippen molar-refractivity contribution in [3.63, 3.8) is 0 Å². The monoisotopic (exact) mass is 407 g/mol. The molecule has 0 unspecified atom stereocenters. The summed E-state index contributed by atoms with van der Waals surface area (Å²) in [5.41, 5.74) is 0.743. The lowest BCUT2D eigenvalue weighted by Gasteiger charge is -2.31. The van der Waals surface area contributed by atoms with Crippen molar-refractivity contribution < 1.29 is 9.59 Å². The van der Waals surface area contributed by atoms with Gasteiger partial charge in [0.05, 0.1) is 15.0 Å². The van der Waals surface area contributed by atoms with Gasteiger partial charge >= 0.3 is 0 Å². The first kappa shape index (κ1) is 15.7. The molecule has 1 saturated heterocycles. The molecule has 0 aliphatic carbocycles. The first-order chi connectivity index (χ1) is 9.58. The summed E-state index contributed by atoms with van der Waals surface area (Å²) in [5.74, 6) is 0.0502. The number of likely N-dealkylation sites (N-methyl/N-ethyl adjacent to an activating group) is 1. The van der Waals surface area contributed by atoms with Gasteiger partial charge in [-0.15, -0.1) is 11.3 Å². The van der Waals surface area contributed by atoms with Crippen LogP contribution in [0.1, 0.15) is 23.2 Å². The summed E-state index contributed by atoms with van der Waals surface area (Å²) in [6, 6.07) is 2.11. The fourth-order valence-electron chi connectivity index (χ4n) is 2.22. The first-order valence-corrected chi connectivity index (χ1v) is 8.52. The lowest BCUT2D eigenvalue weighted by Crippen LogP contribution is -2.47. The predicted molar refractivity (Wildman–Crippen MR) is 88.0 cm³/mol. The van der Waals surface area contributed by atoms with Gasteiger partial charge in [-0.1, -0.05) is 0 Å². The quantitative estimate of drug-likeness (QED) is 0.740. The van der Waals surface area contributed by atoms with Crippen LogP contribution in [0.15, 0.2) is 11.4 Å². The highest BCUT2D eigenvalue weighted by Crippen LogP contribution is 2.17. The van der Waals surface area contributed by atoms with Gasteiger partial charge in [0.1, 0.15) is 0 Å². The van der Waals surface area contributed by atoms with E-state index in [0.29, 0.717) is 6.54 Å². The number of halogens is 1. The molecule has 0 spiro atoms. The third-order valence-corrected chi connectivity index (χ3v) is 5.19. The van der Waals surface area contributed by atoms with E-state index in [4.69, 9.17) is 0 Å². The van der Waals surface area contributed by atoms with E-state index < -0.39 is 0 Å². The number of nitrogens with one attached hydrogen (secondary N) is 2. The van der Waals surface area contributed by atoms with E-state index in [1.807, 2.05) is 11.4 Å². The lowest BCUT2D eigenvalue weighted by atomic mass is 10.0. The van der Waals surface area contributed by atoms with Crippen molar-refractivity contribution in [1.82, 2.24) is 15.5 Å². The minimum atomic E-state index is 0.00826. The second-order valence-electron chi connectivity index (χ2n) is 4.84. The number of carbonyl (C=O) groups is 2. The molecule has 0 bridgehead atoms. The van der Waals surface area contributed by atoms with Gasteiger partial charge in [-0.2, -0.15) is 0 Å². The Labute approximate surface area is 136 Å². The van der Waals surface area contributed by atoms with Crippen LogP contribution < -0.4 is 10.6 Å². The summed E-state index contributed by atoms with van der Waals surface area (Å²) in [7, 11) is 1.65. The van der Waals surface area contributed by atoms with Crippen LogP contribution in [0.3, 0.4) is 0 Å². The maximum absolute atomic E-state index is 12.0. The van der Waals surface area contributed by atoms with Crippen LogP contribution in [0.25, 0.3) is 0 Å². The molecule has 5 nitrogen and oxygen atoms in total. The Hall–Kier alpha value is -0.670. The SMILES string of the molecule is CNC(=O)CN1CCC(NC(=O)c2csc(I)c2)CC1. The number of rotatable bonds is 4. The van der Waals surface area contributed by atoms with E-state index in [-0.39, 0.29) is 17.9 Å². The Morgan fingerprint density at radius 1 is 1.45 bits per heavy atom. The standard InChI is InChI=1S/C13H18IN3O2S/c1-15-12(18)7-17-4-2-10(3-5-17)16-13(19)9-6-11(14)20-8-9/h6,8,10H,2-5,7H2,1H3,(H,15,18)(H,16,19). The maximum atomic E-state index is 12.0. The van der Waals surface area contributed by atoms with Crippen molar-refractivity contribution in [2.24, 2.45) is 0 Å². The average molecular weight is 407 g/mol. The van der Waals surface area contributed by atoms with Gasteiger partial charge in [0.25, 0.3) is 5.91 Å². The molecule has 0 saturated carbocycles. The predicted octanol–water partition coefficient (Wildman–Crippen LogP) is 1.29. The molecule has 1 aromatic heterocycles. The zero-order valence-corrected chi connectivity index (χ0v) is 14.3. The molecule has 0 radical (unpaired) electrons. The van der Waals surface area contributed by atoms with Crippen LogP contribution in [0.2, 0.25) is 0 Å². The largest absolute Gasteiger partial charge is 0.358 e. The second-order valence-corrected chi connectivity index (χ2v) is 7.64. The van der Waals surface area contributed by atoms with Crippen molar-refractivity contribution in [2.75, 3.05) is 26.7 Å². The van der Waals surface area contributed by atoms with Gasteiger partial charge in [-0.3, -0.25) is 14.5 Å². The Balaban J connectivity index is 1.77. The van der Waals surface area contributed by atoms with E-state index in [1.54, 1.807) is 18.4 Å². The zero-order valence-electron chi connectivity index (χ0n) is 11.3. The van der Waals surface area contributed by atoms with Crippen LogP contribution >= 0.6 is 33.9 Å². The number of piperidine rings is 1. The molecule has 20 heavy (non-hydrogen) atoms. The summed E-state index contributed by atoms with van der Waals surface area (Å²) in [6.07, 6.45) is 1.79. The van der Waals surface area contributed by atoms with E-state index in [0.717, 1.165) is 34.4 Å². The molecule has 2 N–H and O–H groups in total. The number of amides is 2. The molecule has 1 fully saturated rings. The average Bonchev–Trinajstić information content (AvgIpc) is 2.87. The van der Waals surface area contributed by atoms with Gasteiger partial charge in [0.2, 0.25) is 5.91 Å². The van der Waals surface area contributed by atoms with E-state index >= 15 is 0 Å². The molecule has 2 heterocycles. The first-order valence-electron chi connectivity index (χ1n) is 6.56. The van der Waals surface area contributed by atoms with E-state index in [9.17, 15) is 9.59 Å². The fourth-order valence-corrected chi connectivity index (χ4v) is 3.54. The van der Waals surface area contributed by atoms with Gasteiger partial charge in [-0.05, 0) is 41.5 Å². The molecule has 1 aromatic rings. The van der Waals surface area contributed by atoms with Crippen LogP contribution in [-0.2, 0) is 4.79 Å². The molecule has 0 atom stereocenters. The molecule has 2 rings (SSSR count). The highest BCUT2D eigenvalue weighted by atomic mass is 127. The van der Waals surface area contributed by atoms with Gasteiger partial charge in [-0.25, -0.2) is 0 Å². The highest BCUT2D eigenvalue weighted by Gasteiger charge is 2.22. The summed E-state index contributed by atoms with van der Waals surface area (Å²) < 4.78 is 1.12. The Kier molecular flexibility index (Phi) is 5.79. The molecular weight excluding hydrogens is 389 g/mol. The lowest BCUT2D eigenvalue weighted by molar-refractivity contribution is -0.122. The maximum Gasteiger partial charge on any atom is 0.252 e. The summed E-state index contributed by atoms with van der Waals surface area (Å²) in [4.78, 5) is 25.5. The number of carbonyl (C=O) groups excluding carboxylic acids is 2. The Bertz CT molecular complexity index is 484. The van der Waals surface area contributed by atoms with Crippen LogP contribution in [-0.4, -0.2) is 49.4 Å². The Morgan fingerprint density at radius 2 is 2.15 bits per heavy atom. The minimum Gasteiger partial charge on any atom is -0.358 e. The van der Waals surface area contributed by atoms with Crippen LogP contribution in [0.4, 0.5) is 0 Å². The highest BCUT2D eigenvalue weighted by molar-refractivity contribution is 14.1. The van der Waals surface area contributed by atoms with Crippen molar-refractivity contribution in [3.8, 4) is 0 Å². The molecule has 1 aliphatic rings. The summed E-state index contributed by atoms with van der Waals surface area (Å²) in [5, 5.41) is 7.59. The van der Waals surface area contributed by atoms with Crippen LogP contribution in [0, 0.1) is 2.88 Å². The smallest absolute Gasteiger partial charge is 0.252 e. The van der Waals surface area contributed by atoms with Crippen LogP contribution in [0.5, 0.6) is 0 Å². The molecule has 110 valence electrons. The van der Waals surface area contributed by atoms with Gasteiger partial charge < -0.3 is 10.6 Å². The molecule has 7 heteroatoms. The van der Waals surface area contributed by atoms with Gasteiger partial charge in [0, 0.05) is 31.6 Å². The number of hydrogen-bond donors (Lipinski definition) is 2.